The van der Waals surface area contributed by atoms with Gasteiger partial charge in [-0.15, -0.1) is 0 Å². The number of rotatable bonds is 2. The summed E-state index contributed by atoms with van der Waals surface area (Å²) in [4.78, 5) is 2.79. The van der Waals surface area contributed by atoms with Crippen LogP contribution in [0.25, 0.3) is 0 Å². The molecule has 1 aliphatic heterocycles. The molecule has 1 nitrogen and oxygen atoms in total. The lowest BCUT2D eigenvalue weighted by molar-refractivity contribution is 0.428. The second-order valence-electron chi connectivity index (χ2n) is 8.55. The molecule has 1 saturated carbocycles. The normalized spacial score (nSPS) is 35.5. The van der Waals surface area contributed by atoms with Crippen LogP contribution in [-0.4, -0.2) is 20.3 Å². The zero-order valence-corrected chi connectivity index (χ0v) is 15.2. The molecule has 1 fully saturated rings. The number of nitrogens with zero attached hydrogens (tertiary/aromatic N) is 1. The zero-order valence-electron chi connectivity index (χ0n) is 14.2. The standard InChI is InChI=1S/C20H27NSi/c1-14-15-9-5-6-10-16(15)20-19(14)17-11-7-8-12-18(17)21(20)13-22(2,3)4/h5-12,14-16,19-20H,13H2,1-4H3. The number of allylic oxidation sites excluding steroid dienone is 3. The smallest absolute Gasteiger partial charge is 0.0665 e. The van der Waals surface area contributed by atoms with Crippen LogP contribution >= 0.6 is 0 Å². The lowest BCUT2D eigenvalue weighted by atomic mass is 9.84. The first kappa shape index (κ1) is 14.3. The molecule has 2 heteroatoms. The van der Waals surface area contributed by atoms with E-state index in [1.54, 1.807) is 5.56 Å². The maximum atomic E-state index is 2.79. The fourth-order valence-electron chi connectivity index (χ4n) is 5.06. The minimum atomic E-state index is -1.15. The third-order valence-corrected chi connectivity index (χ3v) is 7.06. The molecule has 0 N–H and O–H groups in total. The van der Waals surface area contributed by atoms with Gasteiger partial charge in [0.15, 0.2) is 0 Å². The summed E-state index contributed by atoms with van der Waals surface area (Å²) in [6.45, 7) is 9.96. The van der Waals surface area contributed by atoms with Crippen LogP contribution in [0.15, 0.2) is 48.6 Å². The van der Waals surface area contributed by atoms with E-state index in [2.05, 4.69) is 80.0 Å². The van der Waals surface area contributed by atoms with Crippen LogP contribution in [0.4, 0.5) is 5.69 Å². The molecule has 4 rings (SSSR count). The average molecular weight is 310 g/mol. The number of hydrogen-bond acceptors (Lipinski definition) is 1. The Kier molecular flexibility index (Phi) is 3.16. The predicted octanol–water partition coefficient (Wildman–Crippen LogP) is 4.84. The number of fused-ring (bicyclic) bond motifs is 5. The predicted molar refractivity (Wildman–Crippen MR) is 98.1 cm³/mol. The van der Waals surface area contributed by atoms with E-state index in [0.29, 0.717) is 17.9 Å². The van der Waals surface area contributed by atoms with Gasteiger partial charge in [0.1, 0.15) is 0 Å². The van der Waals surface area contributed by atoms with Gasteiger partial charge < -0.3 is 4.90 Å². The zero-order chi connectivity index (χ0) is 15.5. The molecule has 0 aromatic heterocycles. The number of benzene rings is 1. The first-order valence-corrected chi connectivity index (χ1v) is 12.4. The van der Waals surface area contributed by atoms with E-state index in [1.807, 2.05) is 0 Å². The molecule has 2 aliphatic carbocycles. The van der Waals surface area contributed by atoms with E-state index in [1.165, 1.54) is 11.9 Å². The summed E-state index contributed by atoms with van der Waals surface area (Å²) in [6, 6.07) is 9.87. The van der Waals surface area contributed by atoms with Gasteiger partial charge in [-0.3, -0.25) is 0 Å². The summed E-state index contributed by atoms with van der Waals surface area (Å²) in [7, 11) is -1.15. The minimum absolute atomic E-state index is 0.672. The van der Waals surface area contributed by atoms with E-state index in [4.69, 9.17) is 0 Å². The van der Waals surface area contributed by atoms with Crippen LogP contribution in [0.3, 0.4) is 0 Å². The Bertz CT molecular complexity index is 639. The van der Waals surface area contributed by atoms with E-state index < -0.39 is 8.07 Å². The maximum absolute atomic E-state index is 2.79. The van der Waals surface area contributed by atoms with Gasteiger partial charge in [0, 0.05) is 29.7 Å². The molecule has 5 atom stereocenters. The Morgan fingerprint density at radius 3 is 2.41 bits per heavy atom. The number of para-hydroxylation sites is 1. The van der Waals surface area contributed by atoms with Crippen molar-refractivity contribution in [2.45, 2.75) is 38.5 Å². The van der Waals surface area contributed by atoms with Crippen LogP contribution in [0.5, 0.6) is 0 Å². The molecule has 1 aromatic carbocycles. The molecule has 0 saturated heterocycles. The van der Waals surface area contributed by atoms with Crippen molar-refractivity contribution in [3.05, 3.63) is 54.1 Å². The van der Waals surface area contributed by atoms with E-state index in [0.717, 1.165) is 11.8 Å². The van der Waals surface area contributed by atoms with Gasteiger partial charge >= 0.3 is 0 Å². The Morgan fingerprint density at radius 2 is 1.68 bits per heavy atom. The molecule has 5 unspecified atom stereocenters. The Hall–Kier alpha value is -1.28. The summed E-state index contributed by atoms with van der Waals surface area (Å²) < 4.78 is 0. The van der Waals surface area contributed by atoms with Crippen molar-refractivity contribution in [2.24, 2.45) is 17.8 Å². The van der Waals surface area contributed by atoms with Gasteiger partial charge in [-0.1, -0.05) is 69.1 Å². The summed E-state index contributed by atoms with van der Waals surface area (Å²) in [5, 5.41) is 0. The van der Waals surface area contributed by atoms with Crippen molar-refractivity contribution in [1.82, 2.24) is 0 Å². The molecule has 0 radical (unpaired) electrons. The quantitative estimate of drug-likeness (QED) is 0.706. The first-order chi connectivity index (χ1) is 10.5. The van der Waals surface area contributed by atoms with Gasteiger partial charge in [0.05, 0.1) is 8.07 Å². The van der Waals surface area contributed by atoms with Crippen LogP contribution in [0, 0.1) is 17.8 Å². The summed E-state index contributed by atoms with van der Waals surface area (Å²) >= 11 is 0. The molecule has 3 aliphatic rings. The molecule has 22 heavy (non-hydrogen) atoms. The van der Waals surface area contributed by atoms with E-state index in [9.17, 15) is 0 Å². The molecule has 0 bridgehead atoms. The van der Waals surface area contributed by atoms with Crippen LogP contribution in [-0.2, 0) is 0 Å². The first-order valence-electron chi connectivity index (χ1n) is 8.68. The number of hydrogen-bond donors (Lipinski definition) is 0. The summed E-state index contributed by atoms with van der Waals surface area (Å²) in [5.41, 5.74) is 3.13. The fraction of sp³-hybridized carbons (Fsp3) is 0.500. The van der Waals surface area contributed by atoms with Crippen LogP contribution in [0.2, 0.25) is 19.6 Å². The third kappa shape index (κ3) is 2.04. The van der Waals surface area contributed by atoms with Gasteiger partial charge in [-0.2, -0.15) is 0 Å². The highest BCUT2D eigenvalue weighted by atomic mass is 28.3. The van der Waals surface area contributed by atoms with Gasteiger partial charge in [-0.25, -0.2) is 0 Å². The summed E-state index contributed by atoms with van der Waals surface area (Å²) in [6.07, 6.45) is 10.7. The molecule has 0 spiro atoms. The number of anilines is 1. The van der Waals surface area contributed by atoms with Gasteiger partial charge in [-0.05, 0) is 23.5 Å². The van der Waals surface area contributed by atoms with E-state index >= 15 is 0 Å². The second kappa shape index (κ2) is 4.86. The Balaban J connectivity index is 1.81. The molecule has 0 amide bonds. The van der Waals surface area contributed by atoms with Crippen LogP contribution in [0.1, 0.15) is 18.4 Å². The highest BCUT2D eigenvalue weighted by molar-refractivity contribution is 6.76. The van der Waals surface area contributed by atoms with Crippen molar-refractivity contribution < 1.29 is 0 Å². The topological polar surface area (TPSA) is 3.24 Å². The Morgan fingerprint density at radius 1 is 1.00 bits per heavy atom. The van der Waals surface area contributed by atoms with Crippen molar-refractivity contribution in [1.29, 1.82) is 0 Å². The Labute approximate surface area is 135 Å². The van der Waals surface area contributed by atoms with Crippen molar-refractivity contribution >= 4 is 13.8 Å². The molecular formula is C20H27NSi. The van der Waals surface area contributed by atoms with Crippen molar-refractivity contribution in [3.8, 4) is 0 Å². The largest absolute Gasteiger partial charge is 0.370 e. The van der Waals surface area contributed by atoms with Gasteiger partial charge in [0.2, 0.25) is 0 Å². The summed E-state index contributed by atoms with van der Waals surface area (Å²) in [5.74, 6) is 2.85. The molecular weight excluding hydrogens is 282 g/mol. The molecule has 116 valence electrons. The second-order valence-corrected chi connectivity index (χ2v) is 14.0. The monoisotopic (exact) mass is 309 g/mol. The SMILES string of the molecule is CC1C2C=CC=CC2C2C1c1ccccc1N2C[Si](C)(C)C. The average Bonchev–Trinajstić information content (AvgIpc) is 2.94. The van der Waals surface area contributed by atoms with Gasteiger partial charge in [0.25, 0.3) is 0 Å². The van der Waals surface area contributed by atoms with Crippen molar-refractivity contribution in [3.63, 3.8) is 0 Å². The highest BCUT2D eigenvalue weighted by Gasteiger charge is 2.54. The lowest BCUT2D eigenvalue weighted by Crippen LogP contribution is -2.46. The fourth-order valence-corrected chi connectivity index (χ4v) is 6.46. The molecule has 1 aromatic rings. The minimum Gasteiger partial charge on any atom is -0.370 e. The van der Waals surface area contributed by atoms with Crippen LogP contribution < -0.4 is 4.90 Å². The van der Waals surface area contributed by atoms with Crippen molar-refractivity contribution in [2.75, 3.05) is 11.1 Å². The van der Waals surface area contributed by atoms with E-state index in [-0.39, 0.29) is 0 Å². The lowest BCUT2D eigenvalue weighted by Gasteiger charge is -2.36. The third-order valence-electron chi connectivity index (χ3n) is 5.77. The molecule has 1 heterocycles. The maximum Gasteiger partial charge on any atom is 0.0665 e. The highest BCUT2D eigenvalue weighted by Crippen LogP contribution is 2.58.